The van der Waals surface area contributed by atoms with Crippen molar-refractivity contribution < 1.29 is 14.7 Å². The topological polar surface area (TPSA) is 109 Å². The van der Waals surface area contributed by atoms with Crippen LogP contribution in [0, 0.1) is 5.92 Å². The molecule has 1 atom stereocenters. The van der Waals surface area contributed by atoms with Crippen molar-refractivity contribution in [1.82, 2.24) is 15.2 Å². The molecule has 3 heterocycles. The highest BCUT2D eigenvalue weighted by molar-refractivity contribution is 7.17. The van der Waals surface area contributed by atoms with E-state index in [2.05, 4.69) is 10.3 Å². The molecule has 0 saturated carbocycles. The van der Waals surface area contributed by atoms with Crippen LogP contribution in [0.2, 0.25) is 0 Å². The Labute approximate surface area is 143 Å². The van der Waals surface area contributed by atoms with Gasteiger partial charge >= 0.3 is 6.09 Å². The number of aromatic nitrogens is 1. The van der Waals surface area contributed by atoms with Gasteiger partial charge in [-0.3, -0.25) is 14.7 Å². The van der Waals surface area contributed by atoms with Gasteiger partial charge in [-0.2, -0.15) is 0 Å². The van der Waals surface area contributed by atoms with Gasteiger partial charge in [-0.05, 0) is 43.3 Å². The van der Waals surface area contributed by atoms with E-state index in [0.29, 0.717) is 0 Å². The molecule has 1 aliphatic heterocycles. The Morgan fingerprint density at radius 3 is 2.83 bits per heavy atom. The lowest BCUT2D eigenvalue weighted by Gasteiger charge is -2.37. The number of amides is 2. The highest BCUT2D eigenvalue weighted by atomic mass is 32.1. The van der Waals surface area contributed by atoms with Gasteiger partial charge in [0.05, 0.1) is 10.7 Å². The van der Waals surface area contributed by atoms with Crippen LogP contribution in [0.3, 0.4) is 0 Å². The van der Waals surface area contributed by atoms with Crippen molar-refractivity contribution >= 4 is 33.4 Å². The van der Waals surface area contributed by atoms with Crippen molar-refractivity contribution in [2.75, 3.05) is 19.6 Å². The zero-order valence-electron chi connectivity index (χ0n) is 13.1. The molecule has 1 saturated heterocycles. The fourth-order valence-corrected chi connectivity index (χ4v) is 4.22. The van der Waals surface area contributed by atoms with E-state index < -0.39 is 18.0 Å². The highest BCUT2D eigenvalue weighted by Gasteiger charge is 2.35. The Balaban J connectivity index is 2.08. The fourth-order valence-electron chi connectivity index (χ4n) is 3.44. The molecular formula is C16H20N4O3S. The van der Waals surface area contributed by atoms with Crippen molar-refractivity contribution in [1.29, 1.82) is 0 Å². The summed E-state index contributed by atoms with van der Waals surface area (Å²) in [6.07, 6.45) is 4.05. The first-order valence-corrected chi connectivity index (χ1v) is 8.75. The summed E-state index contributed by atoms with van der Waals surface area (Å²) in [7, 11) is 0. The minimum Gasteiger partial charge on any atom is -0.465 e. The van der Waals surface area contributed by atoms with E-state index in [9.17, 15) is 14.7 Å². The van der Waals surface area contributed by atoms with Crippen LogP contribution < -0.4 is 11.1 Å². The van der Waals surface area contributed by atoms with Crippen molar-refractivity contribution in [2.45, 2.75) is 18.9 Å². The van der Waals surface area contributed by atoms with Crippen LogP contribution in [-0.4, -0.2) is 46.6 Å². The zero-order chi connectivity index (χ0) is 17.1. The number of fused-ring (bicyclic) bond motifs is 1. The molecule has 0 aromatic carbocycles. The number of primary amides is 1. The summed E-state index contributed by atoms with van der Waals surface area (Å²) in [5.74, 6) is -0.532. The van der Waals surface area contributed by atoms with E-state index in [0.717, 1.165) is 41.6 Å². The molecule has 8 heteroatoms. The van der Waals surface area contributed by atoms with E-state index >= 15 is 0 Å². The lowest BCUT2D eigenvalue weighted by atomic mass is 9.84. The molecule has 1 fully saturated rings. The molecular weight excluding hydrogens is 328 g/mol. The zero-order valence-corrected chi connectivity index (χ0v) is 14.0. The lowest BCUT2D eigenvalue weighted by Crippen LogP contribution is -2.45. The predicted octanol–water partition coefficient (Wildman–Crippen LogP) is 1.80. The second kappa shape index (κ2) is 7.14. The van der Waals surface area contributed by atoms with Crippen molar-refractivity contribution in [3.8, 4) is 0 Å². The molecule has 1 aliphatic rings. The van der Waals surface area contributed by atoms with Crippen molar-refractivity contribution in [2.24, 2.45) is 11.7 Å². The summed E-state index contributed by atoms with van der Waals surface area (Å²) >= 11 is 1.57. The van der Waals surface area contributed by atoms with E-state index in [4.69, 9.17) is 5.73 Å². The number of piperidine rings is 1. The minimum atomic E-state index is -1.13. The van der Waals surface area contributed by atoms with Gasteiger partial charge < -0.3 is 16.2 Å². The van der Waals surface area contributed by atoms with Gasteiger partial charge in [0.25, 0.3) is 0 Å². The number of hydrogen-bond acceptors (Lipinski definition) is 5. The molecule has 4 N–H and O–H groups in total. The molecule has 0 spiro atoms. The molecule has 2 amide bonds. The average molecular weight is 348 g/mol. The third-order valence-corrected chi connectivity index (χ3v) is 5.32. The van der Waals surface area contributed by atoms with E-state index in [-0.39, 0.29) is 12.5 Å². The normalized spacial score (nSPS) is 16.8. The van der Waals surface area contributed by atoms with E-state index in [1.165, 1.54) is 4.90 Å². The number of nitrogens with one attached hydrogen (secondary N) is 1. The van der Waals surface area contributed by atoms with Crippen LogP contribution in [0.25, 0.3) is 10.1 Å². The SMILES string of the molecule is NC(=O)CN(C(=O)O)C(c1cncc2sccc12)C1CCNCC1. The maximum absolute atomic E-state index is 11.9. The van der Waals surface area contributed by atoms with Crippen LogP contribution >= 0.6 is 11.3 Å². The van der Waals surface area contributed by atoms with Gasteiger partial charge in [0.15, 0.2) is 0 Å². The number of nitrogens with zero attached hydrogens (tertiary/aromatic N) is 2. The predicted molar refractivity (Wildman–Crippen MR) is 91.9 cm³/mol. The van der Waals surface area contributed by atoms with Gasteiger partial charge in [0.2, 0.25) is 5.91 Å². The van der Waals surface area contributed by atoms with Gasteiger partial charge in [-0.25, -0.2) is 4.79 Å². The van der Waals surface area contributed by atoms with Gasteiger partial charge in [-0.1, -0.05) is 0 Å². The number of rotatable bonds is 5. The molecule has 2 aromatic rings. The molecule has 7 nitrogen and oxygen atoms in total. The quantitative estimate of drug-likeness (QED) is 0.763. The third kappa shape index (κ3) is 3.34. The molecule has 3 rings (SSSR count). The summed E-state index contributed by atoms with van der Waals surface area (Å²) in [6.45, 7) is 1.35. The summed E-state index contributed by atoms with van der Waals surface area (Å²) < 4.78 is 1.01. The second-order valence-electron chi connectivity index (χ2n) is 5.97. The Kier molecular flexibility index (Phi) is 4.96. The molecule has 0 radical (unpaired) electrons. The van der Waals surface area contributed by atoms with Crippen LogP contribution in [0.1, 0.15) is 24.4 Å². The smallest absolute Gasteiger partial charge is 0.408 e. The van der Waals surface area contributed by atoms with Gasteiger partial charge in [0, 0.05) is 23.3 Å². The standard InChI is InChI=1S/C16H20N4O3S/c17-14(21)9-20(16(22)23)15(10-1-4-18-5-2-10)12-7-19-8-13-11(12)3-6-24-13/h3,6-8,10,15,18H,1-2,4-5,9H2,(H2,17,21)(H,22,23). The first-order chi connectivity index (χ1) is 11.6. The summed E-state index contributed by atoms with van der Waals surface area (Å²) in [5, 5.41) is 15.9. The maximum Gasteiger partial charge on any atom is 0.408 e. The number of carboxylic acid groups (broad SMARTS) is 1. The maximum atomic E-state index is 11.9. The Hall–Kier alpha value is -2.19. The number of thiophene rings is 1. The lowest BCUT2D eigenvalue weighted by molar-refractivity contribution is -0.119. The highest BCUT2D eigenvalue weighted by Crippen LogP contribution is 2.38. The minimum absolute atomic E-state index is 0.119. The summed E-state index contributed by atoms with van der Waals surface area (Å²) in [6, 6.07) is 1.55. The van der Waals surface area contributed by atoms with E-state index in [1.807, 2.05) is 11.4 Å². The van der Waals surface area contributed by atoms with Gasteiger partial charge in [-0.15, -0.1) is 11.3 Å². The number of carbonyl (C=O) groups is 2. The molecule has 128 valence electrons. The second-order valence-corrected chi connectivity index (χ2v) is 6.92. The van der Waals surface area contributed by atoms with E-state index in [1.54, 1.807) is 23.7 Å². The molecule has 0 bridgehead atoms. The molecule has 1 unspecified atom stereocenters. The molecule has 24 heavy (non-hydrogen) atoms. The summed E-state index contributed by atoms with van der Waals surface area (Å²) in [4.78, 5) is 28.7. The largest absolute Gasteiger partial charge is 0.465 e. The van der Waals surface area contributed by atoms with Crippen molar-refractivity contribution in [3.05, 3.63) is 29.4 Å². The van der Waals surface area contributed by atoms with Crippen LogP contribution in [0.15, 0.2) is 23.8 Å². The number of nitrogens with two attached hydrogens (primary N) is 1. The molecule has 2 aromatic heterocycles. The van der Waals surface area contributed by atoms with Crippen molar-refractivity contribution in [3.63, 3.8) is 0 Å². The monoisotopic (exact) mass is 348 g/mol. The van der Waals surface area contributed by atoms with Crippen LogP contribution in [-0.2, 0) is 4.79 Å². The Morgan fingerprint density at radius 2 is 2.17 bits per heavy atom. The van der Waals surface area contributed by atoms with Crippen LogP contribution in [0.4, 0.5) is 4.79 Å². The number of carbonyl (C=O) groups excluding carboxylic acids is 1. The summed E-state index contributed by atoms with van der Waals surface area (Å²) in [5.41, 5.74) is 6.15. The Morgan fingerprint density at radius 1 is 1.42 bits per heavy atom. The number of hydrogen-bond donors (Lipinski definition) is 3. The average Bonchev–Trinajstić information content (AvgIpc) is 3.04. The first kappa shape index (κ1) is 16.7. The molecule has 0 aliphatic carbocycles. The first-order valence-electron chi connectivity index (χ1n) is 7.87. The van der Waals surface area contributed by atoms with Gasteiger partial charge in [0.1, 0.15) is 6.54 Å². The Bertz CT molecular complexity index is 742. The third-order valence-electron chi connectivity index (χ3n) is 4.47. The number of pyridine rings is 1. The van der Waals surface area contributed by atoms with Crippen LogP contribution in [0.5, 0.6) is 0 Å². The fraction of sp³-hybridized carbons (Fsp3) is 0.438.